The third kappa shape index (κ3) is 12.5. The van der Waals surface area contributed by atoms with E-state index in [9.17, 15) is 53.6 Å². The van der Waals surface area contributed by atoms with Crippen LogP contribution in [0.15, 0.2) is 39.6 Å². The van der Waals surface area contributed by atoms with E-state index in [0.29, 0.717) is 11.1 Å². The van der Waals surface area contributed by atoms with Crippen molar-refractivity contribution in [3.05, 3.63) is 61.9 Å². The second-order valence-electron chi connectivity index (χ2n) is 14.7. The Morgan fingerprint density at radius 3 is 1.69 bits per heavy atom. The monoisotopic (exact) mass is 1030 g/mol. The van der Waals surface area contributed by atoms with Crippen LogP contribution >= 0.6 is 23.5 Å². The lowest BCUT2D eigenvalue weighted by molar-refractivity contribution is -0.0504. The minimum atomic E-state index is -4.76. The quantitative estimate of drug-likeness (QED) is 0.0518. The molecule has 0 spiro atoms. The van der Waals surface area contributed by atoms with Gasteiger partial charge in [-0.3, -0.25) is 46.8 Å². The van der Waals surface area contributed by atoms with Crippen LogP contribution in [0, 0.1) is 6.92 Å². The van der Waals surface area contributed by atoms with Crippen molar-refractivity contribution in [2.24, 2.45) is 0 Å². The van der Waals surface area contributed by atoms with Crippen molar-refractivity contribution in [3.63, 3.8) is 0 Å². The number of nitrogens with two attached hydrogens (primary N) is 2. The van der Waals surface area contributed by atoms with Gasteiger partial charge in [0.2, 0.25) is 5.95 Å². The average molecular weight is 1030 g/mol. The van der Waals surface area contributed by atoms with Gasteiger partial charge in [0.05, 0.1) is 38.6 Å². The van der Waals surface area contributed by atoms with Gasteiger partial charge in [-0.1, -0.05) is 0 Å². The largest absolute Gasteiger partial charge is 0.469 e. The smallest absolute Gasteiger partial charge is 0.390 e. The number of phosphoric ester groups is 3. The van der Waals surface area contributed by atoms with Crippen LogP contribution in [0.5, 0.6) is 0 Å². The van der Waals surface area contributed by atoms with Crippen molar-refractivity contribution in [2.75, 3.05) is 31.3 Å². The Morgan fingerprint density at radius 2 is 1.16 bits per heavy atom. The number of phosphoric acid groups is 3. The topological polar surface area (TPSA) is 543 Å². The number of aryl methyl sites for hydroxylation is 1. The number of imidazole rings is 2. The van der Waals surface area contributed by atoms with E-state index in [2.05, 4.69) is 48.5 Å². The molecule has 5 aromatic heterocycles. The summed E-state index contributed by atoms with van der Waals surface area (Å²) < 4.78 is 64.7. The van der Waals surface area contributed by atoms with Crippen molar-refractivity contribution in [1.29, 1.82) is 0 Å². The lowest BCUT2D eigenvalue weighted by Gasteiger charge is -2.16. The van der Waals surface area contributed by atoms with Crippen LogP contribution in [-0.4, -0.2) is 172 Å². The number of nitrogens with one attached hydrogen (secondary N) is 2. The second kappa shape index (κ2) is 20.6. The summed E-state index contributed by atoms with van der Waals surface area (Å²) in [5.74, 6) is -0.0353. The molecule has 35 nitrogen and oxygen atoms in total. The Morgan fingerprint density at radius 1 is 0.662 bits per heavy atom. The lowest BCUT2D eigenvalue weighted by atomic mass is 10.1. The van der Waals surface area contributed by atoms with Gasteiger partial charge in [0, 0.05) is 18.2 Å². The first-order chi connectivity index (χ1) is 31.6. The van der Waals surface area contributed by atoms with Gasteiger partial charge < -0.3 is 80.6 Å². The van der Waals surface area contributed by atoms with Crippen LogP contribution in [0.1, 0.15) is 30.7 Å². The summed E-state index contributed by atoms with van der Waals surface area (Å²) in [5.41, 5.74) is 10.2. The SMILES string of the molecule is Cc1cn([C@H]2C[C@H](O)[C@@H](COP(=O)(O)O)O2)c(=O)[nH]c1=O.Nc1nc2c(ncn2[C@@H]2O[C@H](COP(=O)(O)O)[C@@H](O)[C@H]2O)c(=O)[nH]1.Nc1ncnc2c1ncn2[C@@H]1O[C@H](COP(=O)(O)O)[C@@H](O)[C@H]1O. The molecule has 5 aromatic rings. The Bertz CT molecular complexity index is 2910. The molecule has 376 valence electrons. The number of nitrogens with zero attached hydrogens (tertiary/aromatic N) is 8. The third-order valence-corrected chi connectivity index (χ3v) is 11.4. The standard InChI is InChI=1S/C10H14N5O8P.C10H14N5O7P.C10H15N2O8P/c11-10-13-7-4(8(18)14-10)12-2-15(7)9-6(17)5(16)3(23-9)1-22-24(19,20)21;11-8-5-9(13-2-12-8)15(3-14-5)10-7(17)6(16)4(22-10)1-21-23(18,19)20;1-5-3-12(10(15)11-9(5)14)8-2-6(13)7(20-8)4-19-21(16,17)18/h2-3,5-6,9,16-17H,1H2,(H2,19,20,21)(H3,11,13,14,18);2-4,6-7,10,16-17H,1H2,(H2,11,12,13)(H2,18,19,20);3,6-8,13H,2,4H2,1H3,(H,11,14,15)(H2,16,17,18)/t3-,5-,6-,9-;4-,6-,7-,10-;6-,7+,8+/m110/s1. The molecule has 3 aliphatic heterocycles. The third-order valence-electron chi connectivity index (χ3n) is 9.94. The maximum atomic E-state index is 11.7. The number of aliphatic hydroxyl groups is 5. The Hall–Kier alpha value is -4.81. The van der Waals surface area contributed by atoms with E-state index >= 15 is 0 Å². The van der Waals surface area contributed by atoms with Gasteiger partial charge >= 0.3 is 29.2 Å². The maximum absolute atomic E-state index is 11.7. The van der Waals surface area contributed by atoms with Crippen LogP contribution in [0.3, 0.4) is 0 Å². The zero-order valence-electron chi connectivity index (χ0n) is 34.4. The molecule has 11 atom stereocenters. The predicted octanol–water partition coefficient (Wildman–Crippen LogP) is -5.83. The average Bonchev–Trinajstić information content (AvgIpc) is 4.06. The molecule has 8 rings (SSSR count). The highest BCUT2D eigenvalue weighted by atomic mass is 31.2. The minimum absolute atomic E-state index is 0.0176. The summed E-state index contributed by atoms with van der Waals surface area (Å²) in [5, 5.41) is 49.9. The van der Waals surface area contributed by atoms with E-state index in [1.54, 1.807) is 0 Å². The molecule has 0 saturated carbocycles. The number of fused-ring (bicyclic) bond motifs is 2. The molecule has 3 saturated heterocycles. The fourth-order valence-corrected chi connectivity index (χ4v) is 7.75. The number of H-pyrrole nitrogens is 2. The summed E-state index contributed by atoms with van der Waals surface area (Å²) in [4.78, 5) is 111. The fourth-order valence-electron chi connectivity index (χ4n) is 6.73. The van der Waals surface area contributed by atoms with Crippen LogP contribution < -0.4 is 28.3 Å². The minimum Gasteiger partial charge on any atom is -0.390 e. The summed E-state index contributed by atoms with van der Waals surface area (Å²) >= 11 is 0. The number of aromatic nitrogens is 10. The first-order valence-corrected chi connectivity index (χ1v) is 23.7. The number of hydrogen-bond donors (Lipinski definition) is 15. The van der Waals surface area contributed by atoms with Gasteiger partial charge in [-0.2, -0.15) is 4.98 Å². The summed E-state index contributed by atoms with van der Waals surface area (Å²) in [6.45, 7) is -0.252. The molecular weight excluding hydrogens is 989 g/mol. The van der Waals surface area contributed by atoms with Gasteiger partial charge in [-0.25, -0.2) is 38.4 Å². The van der Waals surface area contributed by atoms with Crippen LogP contribution in [0.25, 0.3) is 22.3 Å². The van der Waals surface area contributed by atoms with Crippen molar-refractivity contribution in [2.45, 2.75) is 80.9 Å². The van der Waals surface area contributed by atoms with Gasteiger partial charge in [-0.15, -0.1) is 0 Å². The number of hydrogen-bond acceptors (Lipinski definition) is 24. The molecule has 17 N–H and O–H groups in total. The molecule has 0 amide bonds. The molecule has 0 aliphatic carbocycles. The molecule has 0 unspecified atom stereocenters. The zero-order chi connectivity index (χ0) is 50.2. The molecule has 3 aliphatic rings. The summed E-state index contributed by atoms with van der Waals surface area (Å²) in [7, 11) is -14.1. The first-order valence-electron chi connectivity index (χ1n) is 19.1. The Kier molecular flexibility index (Phi) is 16.0. The normalized spacial score (nSPS) is 27.6. The van der Waals surface area contributed by atoms with Crippen molar-refractivity contribution < 1.29 is 96.4 Å². The van der Waals surface area contributed by atoms with Gasteiger partial charge in [-0.05, 0) is 6.92 Å². The molecule has 38 heteroatoms. The van der Waals surface area contributed by atoms with Gasteiger partial charge in [0.1, 0.15) is 60.8 Å². The first kappa shape index (κ1) is 52.6. The van der Waals surface area contributed by atoms with Crippen molar-refractivity contribution in [1.82, 2.24) is 48.6 Å². The highest BCUT2D eigenvalue weighted by Gasteiger charge is 2.46. The van der Waals surface area contributed by atoms with E-state index in [1.807, 2.05) is 0 Å². The molecule has 3 fully saturated rings. The zero-order valence-corrected chi connectivity index (χ0v) is 37.1. The maximum Gasteiger partial charge on any atom is 0.469 e. The van der Waals surface area contributed by atoms with E-state index in [0.717, 1.165) is 4.57 Å². The van der Waals surface area contributed by atoms with Crippen LogP contribution in [0.4, 0.5) is 11.8 Å². The second-order valence-corrected chi connectivity index (χ2v) is 18.4. The molecule has 0 radical (unpaired) electrons. The highest BCUT2D eigenvalue weighted by Crippen LogP contribution is 2.41. The van der Waals surface area contributed by atoms with Crippen LogP contribution in [0.2, 0.25) is 0 Å². The molecule has 0 bridgehead atoms. The molecular formula is C30H43N12O23P3. The molecule has 68 heavy (non-hydrogen) atoms. The van der Waals surface area contributed by atoms with Crippen molar-refractivity contribution >= 4 is 57.6 Å². The number of ether oxygens (including phenoxy) is 3. The number of nitrogen functional groups attached to an aromatic ring is 2. The van der Waals surface area contributed by atoms with E-state index in [-0.39, 0.29) is 35.0 Å². The highest BCUT2D eigenvalue weighted by molar-refractivity contribution is 7.46. The van der Waals surface area contributed by atoms with Crippen molar-refractivity contribution in [3.8, 4) is 0 Å². The van der Waals surface area contributed by atoms with Gasteiger partial charge in [0.15, 0.2) is 35.1 Å². The van der Waals surface area contributed by atoms with E-state index in [1.165, 1.54) is 41.2 Å². The molecule has 8 heterocycles. The number of anilines is 2. The lowest BCUT2D eigenvalue weighted by Crippen LogP contribution is -2.33. The molecule has 0 aromatic carbocycles. The summed E-state index contributed by atoms with van der Waals surface area (Å²) in [6, 6.07) is 0. The summed E-state index contributed by atoms with van der Waals surface area (Å²) in [6.07, 6.45) is -8.27. The number of aliphatic hydroxyl groups excluding tert-OH is 5. The van der Waals surface area contributed by atoms with Gasteiger partial charge in [0.25, 0.3) is 11.1 Å². The fraction of sp³-hybridized carbons (Fsp3) is 0.533. The van der Waals surface area contributed by atoms with Crippen LogP contribution in [-0.2, 0) is 41.5 Å². The van der Waals surface area contributed by atoms with E-state index < -0.39 is 128 Å². The Balaban J connectivity index is 0.000000168. The Labute approximate surface area is 376 Å². The predicted molar refractivity (Wildman–Crippen MR) is 219 cm³/mol. The number of aromatic amines is 2. The number of rotatable bonds is 12. The van der Waals surface area contributed by atoms with E-state index in [4.69, 9.17) is 55.0 Å².